The zero-order chi connectivity index (χ0) is 13.2. The molecule has 2 aromatic rings. The zero-order valence-corrected chi connectivity index (χ0v) is 11.2. The lowest BCUT2D eigenvalue weighted by atomic mass is 10.1. The number of furan rings is 1. The molecule has 0 radical (unpaired) electrons. The first-order valence-electron chi connectivity index (χ1n) is 5.87. The summed E-state index contributed by atoms with van der Waals surface area (Å²) in [5, 5.41) is 13.7. The first-order valence-corrected chi connectivity index (χ1v) is 5.87. The fourth-order valence-corrected chi connectivity index (χ4v) is 1.93. The van der Waals surface area contributed by atoms with Crippen molar-refractivity contribution in [1.29, 1.82) is 0 Å². The third-order valence-corrected chi connectivity index (χ3v) is 2.88. The van der Waals surface area contributed by atoms with E-state index in [1.54, 1.807) is 12.1 Å². The molecule has 0 aliphatic carbocycles. The van der Waals surface area contributed by atoms with Crippen LogP contribution < -0.4 is 5.32 Å². The standard InChI is InChI=1S/C13H11N3O3.ClH/c17-16(18)10-3-1-9(2-4-10)11-5-6-12(19-11)13-14-7-8-15-13;/h1-6H,7-8H2,(H,14,15);1H. The Hall–Kier alpha value is -2.34. The van der Waals surface area contributed by atoms with Gasteiger partial charge in [0.15, 0.2) is 11.6 Å². The molecule has 1 aliphatic rings. The fraction of sp³-hybridized carbons (Fsp3) is 0.154. The van der Waals surface area contributed by atoms with Gasteiger partial charge in [-0.1, -0.05) is 0 Å². The van der Waals surface area contributed by atoms with Crippen molar-refractivity contribution in [2.75, 3.05) is 13.1 Å². The van der Waals surface area contributed by atoms with Gasteiger partial charge < -0.3 is 9.73 Å². The number of nitrogens with one attached hydrogen (secondary N) is 1. The number of non-ortho nitro benzene ring substituents is 1. The second-order valence-electron chi connectivity index (χ2n) is 4.12. The lowest BCUT2D eigenvalue weighted by Gasteiger charge is -1.98. The SMILES string of the molecule is Cl.O=[N+]([O-])c1ccc(-c2ccc(C3=NCCN3)o2)cc1. The molecule has 0 saturated heterocycles. The van der Waals surface area contributed by atoms with Crippen molar-refractivity contribution >= 4 is 23.9 Å². The van der Waals surface area contributed by atoms with E-state index >= 15 is 0 Å². The number of hydrogen-bond donors (Lipinski definition) is 1. The molecule has 0 saturated carbocycles. The van der Waals surface area contributed by atoms with E-state index in [2.05, 4.69) is 10.3 Å². The van der Waals surface area contributed by atoms with Gasteiger partial charge in [-0.05, 0) is 24.3 Å². The van der Waals surface area contributed by atoms with Crippen LogP contribution in [0.15, 0.2) is 45.8 Å². The van der Waals surface area contributed by atoms with E-state index in [1.807, 2.05) is 12.1 Å². The van der Waals surface area contributed by atoms with E-state index in [4.69, 9.17) is 4.42 Å². The lowest BCUT2D eigenvalue weighted by molar-refractivity contribution is -0.384. The van der Waals surface area contributed by atoms with Gasteiger partial charge in [-0.3, -0.25) is 15.1 Å². The van der Waals surface area contributed by atoms with E-state index in [1.165, 1.54) is 12.1 Å². The smallest absolute Gasteiger partial charge is 0.269 e. The molecule has 0 spiro atoms. The predicted octanol–water partition coefficient (Wildman–Crippen LogP) is 2.63. The third kappa shape index (κ3) is 2.65. The topological polar surface area (TPSA) is 80.7 Å². The lowest BCUT2D eigenvalue weighted by Crippen LogP contribution is -2.18. The number of amidine groups is 1. The normalized spacial score (nSPS) is 13.3. The number of nitro benzene ring substituents is 1. The maximum absolute atomic E-state index is 10.6. The van der Waals surface area contributed by atoms with Crippen molar-refractivity contribution in [3.63, 3.8) is 0 Å². The maximum Gasteiger partial charge on any atom is 0.269 e. The maximum atomic E-state index is 10.6. The summed E-state index contributed by atoms with van der Waals surface area (Å²) in [6.07, 6.45) is 0. The highest BCUT2D eigenvalue weighted by atomic mass is 35.5. The quantitative estimate of drug-likeness (QED) is 0.697. The summed E-state index contributed by atoms with van der Waals surface area (Å²) < 4.78 is 5.69. The second-order valence-corrected chi connectivity index (χ2v) is 4.12. The van der Waals surface area contributed by atoms with Crippen molar-refractivity contribution in [2.24, 2.45) is 4.99 Å². The minimum atomic E-state index is -0.422. The monoisotopic (exact) mass is 293 g/mol. The molecule has 1 aromatic carbocycles. The van der Waals surface area contributed by atoms with Gasteiger partial charge in [0.25, 0.3) is 5.69 Å². The highest BCUT2D eigenvalue weighted by Gasteiger charge is 2.13. The number of nitrogens with zero attached hydrogens (tertiary/aromatic N) is 2. The summed E-state index contributed by atoms with van der Waals surface area (Å²) in [4.78, 5) is 14.4. The largest absolute Gasteiger partial charge is 0.453 e. The molecule has 20 heavy (non-hydrogen) atoms. The van der Waals surface area contributed by atoms with Gasteiger partial charge in [-0.2, -0.15) is 0 Å². The molecule has 0 bridgehead atoms. The molecule has 104 valence electrons. The van der Waals surface area contributed by atoms with Gasteiger partial charge in [0.1, 0.15) is 5.76 Å². The minimum absolute atomic E-state index is 0. The van der Waals surface area contributed by atoms with Gasteiger partial charge in [-0.15, -0.1) is 12.4 Å². The van der Waals surface area contributed by atoms with Crippen molar-refractivity contribution < 1.29 is 9.34 Å². The Kier molecular flexibility index (Phi) is 4.05. The van der Waals surface area contributed by atoms with Crippen LogP contribution in [0.5, 0.6) is 0 Å². The van der Waals surface area contributed by atoms with Gasteiger partial charge in [0, 0.05) is 24.2 Å². The van der Waals surface area contributed by atoms with Crippen LogP contribution >= 0.6 is 12.4 Å². The summed E-state index contributed by atoms with van der Waals surface area (Å²) in [6, 6.07) is 9.94. The molecule has 0 amide bonds. The summed E-state index contributed by atoms with van der Waals surface area (Å²) in [6.45, 7) is 1.58. The average Bonchev–Trinajstić information content (AvgIpc) is 3.10. The molecule has 1 N–H and O–H groups in total. The first kappa shape index (κ1) is 14.1. The van der Waals surface area contributed by atoms with Crippen LogP contribution in [0.1, 0.15) is 5.76 Å². The number of hydrogen-bond acceptors (Lipinski definition) is 5. The van der Waals surface area contributed by atoms with Crippen LogP contribution in [0.4, 0.5) is 5.69 Å². The first-order chi connectivity index (χ1) is 9.24. The molecule has 0 unspecified atom stereocenters. The van der Waals surface area contributed by atoms with Crippen molar-refractivity contribution in [3.8, 4) is 11.3 Å². The Morgan fingerprint density at radius 3 is 2.45 bits per heavy atom. The molecule has 2 heterocycles. The molecular weight excluding hydrogens is 282 g/mol. The molecule has 0 fully saturated rings. The van der Waals surface area contributed by atoms with Gasteiger partial charge in [0.05, 0.1) is 11.5 Å². The average molecular weight is 294 g/mol. The highest BCUT2D eigenvalue weighted by molar-refractivity contribution is 5.97. The molecule has 1 aromatic heterocycles. The highest BCUT2D eigenvalue weighted by Crippen LogP contribution is 2.24. The summed E-state index contributed by atoms with van der Waals surface area (Å²) >= 11 is 0. The fourth-order valence-electron chi connectivity index (χ4n) is 1.93. The number of halogens is 1. The number of benzene rings is 1. The Morgan fingerprint density at radius 1 is 1.15 bits per heavy atom. The molecule has 1 aliphatic heterocycles. The van der Waals surface area contributed by atoms with Gasteiger partial charge >= 0.3 is 0 Å². The Labute approximate surface area is 121 Å². The molecule has 3 rings (SSSR count). The Balaban J connectivity index is 0.00000147. The van der Waals surface area contributed by atoms with E-state index in [0.717, 1.165) is 24.5 Å². The Morgan fingerprint density at radius 2 is 1.85 bits per heavy atom. The molecular formula is C13H12ClN3O3. The summed E-state index contributed by atoms with van der Waals surface area (Å²) in [5.41, 5.74) is 0.868. The van der Waals surface area contributed by atoms with Crippen LogP contribution in [-0.2, 0) is 0 Å². The van der Waals surface area contributed by atoms with Crippen molar-refractivity contribution in [3.05, 3.63) is 52.3 Å². The number of rotatable bonds is 3. The summed E-state index contributed by atoms with van der Waals surface area (Å²) in [5.74, 6) is 2.11. The van der Waals surface area contributed by atoms with E-state index < -0.39 is 4.92 Å². The van der Waals surface area contributed by atoms with E-state index in [0.29, 0.717) is 11.5 Å². The van der Waals surface area contributed by atoms with E-state index in [-0.39, 0.29) is 18.1 Å². The number of aliphatic imine (C=N–C) groups is 1. The van der Waals surface area contributed by atoms with Gasteiger partial charge in [-0.25, -0.2) is 0 Å². The third-order valence-electron chi connectivity index (χ3n) is 2.88. The van der Waals surface area contributed by atoms with Crippen LogP contribution in [0.25, 0.3) is 11.3 Å². The van der Waals surface area contributed by atoms with Gasteiger partial charge in [0.2, 0.25) is 0 Å². The minimum Gasteiger partial charge on any atom is -0.453 e. The number of nitro groups is 1. The van der Waals surface area contributed by atoms with Crippen LogP contribution in [0, 0.1) is 10.1 Å². The van der Waals surface area contributed by atoms with E-state index in [9.17, 15) is 10.1 Å². The van der Waals surface area contributed by atoms with Crippen molar-refractivity contribution in [1.82, 2.24) is 5.32 Å². The second kappa shape index (κ2) is 5.75. The summed E-state index contributed by atoms with van der Waals surface area (Å²) in [7, 11) is 0. The van der Waals surface area contributed by atoms with Crippen LogP contribution in [-0.4, -0.2) is 23.8 Å². The zero-order valence-electron chi connectivity index (χ0n) is 10.4. The molecule has 7 heteroatoms. The van der Waals surface area contributed by atoms with Crippen molar-refractivity contribution in [2.45, 2.75) is 0 Å². The predicted molar refractivity (Wildman–Crippen MR) is 77.5 cm³/mol. The van der Waals surface area contributed by atoms with Crippen LogP contribution in [0.2, 0.25) is 0 Å². The molecule has 0 atom stereocenters. The van der Waals surface area contributed by atoms with Crippen LogP contribution in [0.3, 0.4) is 0 Å². The molecule has 6 nitrogen and oxygen atoms in total. The Bertz CT molecular complexity index is 649.